The number of hydrogen-bond acceptors (Lipinski definition) is 4. The number of amides is 2. The van der Waals surface area contributed by atoms with Crippen LogP contribution in [0.15, 0.2) is 48.5 Å². The van der Waals surface area contributed by atoms with Crippen molar-refractivity contribution in [2.75, 3.05) is 18.5 Å². The molecule has 0 aromatic heterocycles. The summed E-state index contributed by atoms with van der Waals surface area (Å²) in [5, 5.41) is 5.68. The molecule has 0 bridgehead atoms. The van der Waals surface area contributed by atoms with Crippen molar-refractivity contribution in [3.63, 3.8) is 0 Å². The molecule has 0 saturated carbocycles. The van der Waals surface area contributed by atoms with E-state index in [0.29, 0.717) is 36.0 Å². The van der Waals surface area contributed by atoms with E-state index in [0.717, 1.165) is 0 Å². The van der Waals surface area contributed by atoms with Crippen LogP contribution in [-0.4, -0.2) is 31.1 Å². The van der Waals surface area contributed by atoms with Gasteiger partial charge in [0, 0.05) is 5.56 Å². The van der Waals surface area contributed by atoms with Crippen molar-refractivity contribution in [1.29, 1.82) is 0 Å². The Balaban J connectivity index is 2.10. The van der Waals surface area contributed by atoms with Gasteiger partial charge in [-0.3, -0.25) is 9.59 Å². The van der Waals surface area contributed by atoms with Gasteiger partial charge in [0.15, 0.2) is 0 Å². The second-order valence-electron chi connectivity index (χ2n) is 6.57. The van der Waals surface area contributed by atoms with Gasteiger partial charge < -0.3 is 20.1 Å². The predicted molar refractivity (Wildman–Crippen MR) is 110 cm³/mol. The molecule has 2 aromatic carbocycles. The molecule has 2 amide bonds. The standard InChI is InChI=1S/C22H28N2O4/c1-5-27-17-13-11-16(12-14-17)21(25)24-20(15(3)4)22(26)23-18-9-7-8-10-19(18)28-6-2/h7-15,20H,5-6H2,1-4H3,(H,23,26)(H,24,25). The number of para-hydroxylation sites is 2. The topological polar surface area (TPSA) is 76.7 Å². The molecule has 0 radical (unpaired) electrons. The molecule has 2 rings (SSSR count). The lowest BCUT2D eigenvalue weighted by atomic mass is 10.0. The van der Waals surface area contributed by atoms with Crippen LogP contribution in [0.25, 0.3) is 0 Å². The molecule has 150 valence electrons. The van der Waals surface area contributed by atoms with E-state index in [1.807, 2.05) is 39.8 Å². The Labute approximate surface area is 166 Å². The van der Waals surface area contributed by atoms with Crippen LogP contribution in [0.1, 0.15) is 38.1 Å². The van der Waals surface area contributed by atoms with Crippen molar-refractivity contribution in [1.82, 2.24) is 5.32 Å². The molecule has 6 heteroatoms. The summed E-state index contributed by atoms with van der Waals surface area (Å²) in [6.45, 7) is 8.61. The van der Waals surface area contributed by atoms with Gasteiger partial charge in [-0.05, 0) is 56.2 Å². The molecule has 0 aliphatic carbocycles. The minimum atomic E-state index is -0.686. The molecule has 0 aliphatic heterocycles. The van der Waals surface area contributed by atoms with Crippen molar-refractivity contribution in [3.8, 4) is 11.5 Å². The van der Waals surface area contributed by atoms with Gasteiger partial charge in [-0.15, -0.1) is 0 Å². The first-order valence-corrected chi connectivity index (χ1v) is 9.52. The van der Waals surface area contributed by atoms with Gasteiger partial charge in [0.1, 0.15) is 17.5 Å². The molecule has 0 saturated heterocycles. The Morgan fingerprint density at radius 2 is 1.57 bits per heavy atom. The third kappa shape index (κ3) is 5.74. The summed E-state index contributed by atoms with van der Waals surface area (Å²) in [6, 6.07) is 13.4. The fourth-order valence-electron chi connectivity index (χ4n) is 2.69. The summed E-state index contributed by atoms with van der Waals surface area (Å²) in [6.07, 6.45) is 0. The number of hydrogen-bond donors (Lipinski definition) is 2. The van der Waals surface area contributed by atoms with Crippen LogP contribution < -0.4 is 20.1 Å². The lowest BCUT2D eigenvalue weighted by Crippen LogP contribution is -2.47. The summed E-state index contributed by atoms with van der Waals surface area (Å²) >= 11 is 0. The van der Waals surface area contributed by atoms with E-state index in [1.54, 1.807) is 36.4 Å². The smallest absolute Gasteiger partial charge is 0.251 e. The van der Waals surface area contributed by atoms with Crippen molar-refractivity contribution < 1.29 is 19.1 Å². The van der Waals surface area contributed by atoms with E-state index in [2.05, 4.69) is 10.6 Å². The number of carbonyl (C=O) groups excluding carboxylic acids is 2. The van der Waals surface area contributed by atoms with Crippen LogP contribution in [0.3, 0.4) is 0 Å². The molecular weight excluding hydrogens is 356 g/mol. The zero-order valence-electron chi connectivity index (χ0n) is 16.8. The molecule has 1 unspecified atom stereocenters. The predicted octanol–water partition coefficient (Wildman–Crippen LogP) is 3.88. The van der Waals surface area contributed by atoms with E-state index in [4.69, 9.17) is 9.47 Å². The van der Waals surface area contributed by atoms with Crippen molar-refractivity contribution in [2.24, 2.45) is 5.92 Å². The SMILES string of the molecule is CCOc1ccc(C(=O)NC(C(=O)Nc2ccccc2OCC)C(C)C)cc1. The summed E-state index contributed by atoms with van der Waals surface area (Å²) in [5.74, 6) is 0.603. The number of anilines is 1. The fraction of sp³-hybridized carbons (Fsp3) is 0.364. The highest BCUT2D eigenvalue weighted by Gasteiger charge is 2.25. The lowest BCUT2D eigenvalue weighted by molar-refractivity contribution is -0.118. The number of benzene rings is 2. The van der Waals surface area contributed by atoms with Gasteiger partial charge in [-0.2, -0.15) is 0 Å². The molecule has 0 aliphatic rings. The van der Waals surface area contributed by atoms with E-state index in [9.17, 15) is 9.59 Å². The molecule has 0 fully saturated rings. The van der Waals surface area contributed by atoms with Crippen molar-refractivity contribution in [3.05, 3.63) is 54.1 Å². The second-order valence-corrected chi connectivity index (χ2v) is 6.57. The highest BCUT2D eigenvalue weighted by Crippen LogP contribution is 2.24. The highest BCUT2D eigenvalue weighted by atomic mass is 16.5. The number of nitrogens with one attached hydrogen (secondary N) is 2. The maximum absolute atomic E-state index is 12.8. The minimum Gasteiger partial charge on any atom is -0.494 e. The van der Waals surface area contributed by atoms with Gasteiger partial charge in [-0.1, -0.05) is 26.0 Å². The first kappa shape index (κ1) is 21.3. The Morgan fingerprint density at radius 1 is 0.929 bits per heavy atom. The van der Waals surface area contributed by atoms with Gasteiger partial charge in [0.25, 0.3) is 5.91 Å². The van der Waals surface area contributed by atoms with Crippen LogP contribution >= 0.6 is 0 Å². The van der Waals surface area contributed by atoms with E-state index in [-0.39, 0.29) is 17.7 Å². The molecule has 2 aromatic rings. The molecular formula is C22H28N2O4. The maximum Gasteiger partial charge on any atom is 0.251 e. The monoisotopic (exact) mass is 384 g/mol. The average Bonchev–Trinajstić information content (AvgIpc) is 2.68. The summed E-state index contributed by atoms with van der Waals surface area (Å²) in [4.78, 5) is 25.4. The molecule has 0 heterocycles. The van der Waals surface area contributed by atoms with Crippen LogP contribution in [0, 0.1) is 5.92 Å². The normalized spacial score (nSPS) is 11.6. The van der Waals surface area contributed by atoms with Gasteiger partial charge >= 0.3 is 0 Å². The Kier molecular flexibility index (Phi) is 7.87. The zero-order chi connectivity index (χ0) is 20.5. The quantitative estimate of drug-likeness (QED) is 0.688. The second kappa shape index (κ2) is 10.3. The van der Waals surface area contributed by atoms with Crippen LogP contribution in [0.4, 0.5) is 5.69 Å². The molecule has 28 heavy (non-hydrogen) atoms. The van der Waals surface area contributed by atoms with Gasteiger partial charge in [0.05, 0.1) is 18.9 Å². The summed E-state index contributed by atoms with van der Waals surface area (Å²) in [7, 11) is 0. The third-order valence-electron chi connectivity index (χ3n) is 4.11. The average molecular weight is 384 g/mol. The first-order valence-electron chi connectivity index (χ1n) is 9.52. The fourth-order valence-corrected chi connectivity index (χ4v) is 2.69. The van der Waals surface area contributed by atoms with Gasteiger partial charge in [-0.25, -0.2) is 0 Å². The maximum atomic E-state index is 12.8. The molecule has 0 spiro atoms. The highest BCUT2D eigenvalue weighted by molar-refractivity contribution is 6.01. The Morgan fingerprint density at radius 3 is 2.18 bits per heavy atom. The Bertz CT molecular complexity index is 787. The molecule has 1 atom stereocenters. The van der Waals surface area contributed by atoms with E-state index >= 15 is 0 Å². The van der Waals surface area contributed by atoms with Crippen molar-refractivity contribution in [2.45, 2.75) is 33.7 Å². The zero-order valence-corrected chi connectivity index (χ0v) is 16.8. The van der Waals surface area contributed by atoms with E-state index < -0.39 is 6.04 Å². The number of ether oxygens (including phenoxy) is 2. The van der Waals surface area contributed by atoms with E-state index in [1.165, 1.54) is 0 Å². The van der Waals surface area contributed by atoms with Crippen LogP contribution in [0.2, 0.25) is 0 Å². The van der Waals surface area contributed by atoms with Crippen LogP contribution in [0.5, 0.6) is 11.5 Å². The molecule has 2 N–H and O–H groups in total. The first-order chi connectivity index (χ1) is 13.5. The lowest BCUT2D eigenvalue weighted by Gasteiger charge is -2.22. The molecule has 6 nitrogen and oxygen atoms in total. The summed E-state index contributed by atoms with van der Waals surface area (Å²) < 4.78 is 10.9. The van der Waals surface area contributed by atoms with Crippen molar-refractivity contribution >= 4 is 17.5 Å². The number of carbonyl (C=O) groups is 2. The third-order valence-corrected chi connectivity index (χ3v) is 4.11. The number of rotatable bonds is 9. The largest absolute Gasteiger partial charge is 0.494 e. The van der Waals surface area contributed by atoms with Gasteiger partial charge in [0.2, 0.25) is 5.91 Å². The minimum absolute atomic E-state index is 0.0918. The van der Waals surface area contributed by atoms with Crippen LogP contribution in [-0.2, 0) is 4.79 Å². The Hall–Kier alpha value is -3.02. The summed E-state index contributed by atoms with van der Waals surface area (Å²) in [5.41, 5.74) is 1.05.